The number of aromatic nitrogens is 2. The first-order valence-corrected chi connectivity index (χ1v) is 8.18. The molecule has 118 valence electrons. The van der Waals surface area contributed by atoms with E-state index in [9.17, 15) is 0 Å². The Labute approximate surface area is 133 Å². The second kappa shape index (κ2) is 7.37. The second-order valence-electron chi connectivity index (χ2n) is 5.08. The van der Waals surface area contributed by atoms with E-state index in [4.69, 9.17) is 4.52 Å². The molecule has 1 N–H and O–H groups in total. The first-order valence-electron chi connectivity index (χ1n) is 7.31. The third-order valence-corrected chi connectivity index (χ3v) is 4.42. The fraction of sp³-hybridized carbons (Fsp3) is 0.500. The van der Waals surface area contributed by atoms with E-state index >= 15 is 0 Å². The number of hydrogen-bond acceptors (Lipinski definition) is 6. The lowest BCUT2D eigenvalue weighted by Gasteiger charge is -2.36. The summed E-state index contributed by atoms with van der Waals surface area (Å²) < 4.78 is 4.88. The molecule has 1 fully saturated rings. The highest BCUT2D eigenvalue weighted by atomic mass is 32.1. The van der Waals surface area contributed by atoms with Crippen molar-refractivity contribution in [3.05, 3.63) is 34.6 Å². The molecule has 0 aromatic carbocycles. The lowest BCUT2D eigenvalue weighted by atomic mass is 10.3. The Morgan fingerprint density at radius 2 is 2.27 bits per heavy atom. The zero-order valence-corrected chi connectivity index (χ0v) is 13.4. The predicted octanol–water partition coefficient (Wildman–Crippen LogP) is 1.02. The van der Waals surface area contributed by atoms with E-state index in [-0.39, 0.29) is 0 Å². The molecule has 3 heterocycles. The van der Waals surface area contributed by atoms with Crippen LogP contribution in [0.25, 0.3) is 0 Å². The molecule has 8 heteroatoms. The highest BCUT2D eigenvalue weighted by molar-refractivity contribution is 7.09. The van der Waals surface area contributed by atoms with Crippen LogP contribution < -0.4 is 5.32 Å². The zero-order valence-electron chi connectivity index (χ0n) is 12.6. The third kappa shape index (κ3) is 3.83. The van der Waals surface area contributed by atoms with E-state index in [2.05, 4.69) is 30.2 Å². The van der Waals surface area contributed by atoms with Crippen molar-refractivity contribution in [2.45, 2.75) is 13.1 Å². The number of aliphatic imine (C=N–C) groups is 1. The maximum atomic E-state index is 4.88. The fourth-order valence-corrected chi connectivity index (χ4v) is 3.05. The minimum atomic E-state index is 0.726. The molecular formula is C14H20N6OS. The molecule has 3 rings (SSSR count). The minimum absolute atomic E-state index is 0.726. The summed E-state index contributed by atoms with van der Waals surface area (Å²) in [4.78, 5) is 13.3. The van der Waals surface area contributed by atoms with Crippen LogP contribution in [0.15, 0.2) is 33.4 Å². The number of guanidine groups is 1. The Morgan fingerprint density at radius 3 is 2.91 bits per heavy atom. The molecule has 0 spiro atoms. The maximum Gasteiger partial charge on any atom is 0.194 e. The molecule has 1 aliphatic heterocycles. The van der Waals surface area contributed by atoms with Crippen molar-refractivity contribution in [2.24, 2.45) is 4.99 Å². The van der Waals surface area contributed by atoms with Crippen molar-refractivity contribution in [2.75, 3.05) is 33.2 Å². The fourth-order valence-electron chi connectivity index (χ4n) is 2.49. The average molecular weight is 320 g/mol. The standard InChI is InChI=1S/C14H20N6OS/c1-15-14(17-10-13-16-3-9-22-13)20-6-4-19(5-7-20)11-12-2-8-21-18-12/h2-3,8-9H,4-7,10-11H2,1H3,(H,15,17). The Morgan fingerprint density at radius 1 is 1.41 bits per heavy atom. The van der Waals surface area contributed by atoms with E-state index in [1.165, 1.54) is 0 Å². The van der Waals surface area contributed by atoms with Crippen molar-refractivity contribution in [1.29, 1.82) is 0 Å². The minimum Gasteiger partial charge on any atom is -0.364 e. The van der Waals surface area contributed by atoms with Gasteiger partial charge in [-0.2, -0.15) is 0 Å². The maximum absolute atomic E-state index is 4.88. The van der Waals surface area contributed by atoms with E-state index in [1.807, 2.05) is 24.7 Å². The molecule has 1 saturated heterocycles. The van der Waals surface area contributed by atoms with Gasteiger partial charge in [-0.3, -0.25) is 9.89 Å². The van der Waals surface area contributed by atoms with Crippen LogP contribution >= 0.6 is 11.3 Å². The number of thiazole rings is 1. The van der Waals surface area contributed by atoms with Gasteiger partial charge in [0.15, 0.2) is 5.96 Å². The molecule has 0 radical (unpaired) electrons. The van der Waals surface area contributed by atoms with Crippen molar-refractivity contribution >= 4 is 17.3 Å². The van der Waals surface area contributed by atoms with Crippen LogP contribution in [0.1, 0.15) is 10.7 Å². The molecule has 0 saturated carbocycles. The number of nitrogens with one attached hydrogen (secondary N) is 1. The van der Waals surface area contributed by atoms with E-state index in [0.29, 0.717) is 0 Å². The van der Waals surface area contributed by atoms with Crippen molar-refractivity contribution in [3.8, 4) is 0 Å². The van der Waals surface area contributed by atoms with E-state index in [0.717, 1.165) is 55.9 Å². The van der Waals surface area contributed by atoms with Gasteiger partial charge in [0.2, 0.25) is 0 Å². The van der Waals surface area contributed by atoms with Crippen LogP contribution in [0.3, 0.4) is 0 Å². The van der Waals surface area contributed by atoms with Crippen molar-refractivity contribution < 1.29 is 4.52 Å². The second-order valence-corrected chi connectivity index (χ2v) is 6.06. The monoisotopic (exact) mass is 320 g/mol. The van der Waals surface area contributed by atoms with E-state index in [1.54, 1.807) is 17.6 Å². The molecule has 0 unspecified atom stereocenters. The summed E-state index contributed by atoms with van der Waals surface area (Å²) in [5.41, 5.74) is 0.986. The average Bonchev–Trinajstić information content (AvgIpc) is 3.23. The Kier molecular flexibility index (Phi) is 5.02. The van der Waals surface area contributed by atoms with Crippen LogP contribution in [0.4, 0.5) is 0 Å². The SMILES string of the molecule is CN=C(NCc1nccs1)N1CCN(Cc2ccon2)CC1. The largest absolute Gasteiger partial charge is 0.364 e. The van der Waals surface area contributed by atoms with Crippen LogP contribution in [-0.4, -0.2) is 59.1 Å². The Bertz CT molecular complexity index is 575. The molecule has 2 aromatic rings. The van der Waals surface area contributed by atoms with Gasteiger partial charge in [0.05, 0.1) is 12.2 Å². The lowest BCUT2D eigenvalue weighted by Crippen LogP contribution is -2.52. The Hall–Kier alpha value is -1.93. The van der Waals surface area contributed by atoms with Gasteiger partial charge in [-0.05, 0) is 0 Å². The number of rotatable bonds is 4. The normalized spacial score (nSPS) is 17.0. The van der Waals surface area contributed by atoms with Gasteiger partial charge in [-0.15, -0.1) is 11.3 Å². The zero-order chi connectivity index (χ0) is 15.2. The molecule has 7 nitrogen and oxygen atoms in total. The highest BCUT2D eigenvalue weighted by Crippen LogP contribution is 2.08. The van der Waals surface area contributed by atoms with Gasteiger partial charge in [0, 0.05) is 57.4 Å². The topological polar surface area (TPSA) is 69.8 Å². The van der Waals surface area contributed by atoms with Gasteiger partial charge in [0.1, 0.15) is 11.3 Å². The van der Waals surface area contributed by atoms with Gasteiger partial charge < -0.3 is 14.7 Å². The van der Waals surface area contributed by atoms with Crippen LogP contribution in [0.5, 0.6) is 0 Å². The van der Waals surface area contributed by atoms with E-state index < -0.39 is 0 Å². The number of hydrogen-bond donors (Lipinski definition) is 1. The summed E-state index contributed by atoms with van der Waals surface area (Å²) in [6.07, 6.45) is 3.45. The third-order valence-electron chi connectivity index (χ3n) is 3.64. The van der Waals surface area contributed by atoms with Crippen LogP contribution in [-0.2, 0) is 13.1 Å². The summed E-state index contributed by atoms with van der Waals surface area (Å²) in [5.74, 6) is 0.941. The Balaban J connectivity index is 1.46. The molecule has 0 bridgehead atoms. The first kappa shape index (κ1) is 15.0. The molecule has 0 atom stereocenters. The first-order chi connectivity index (χ1) is 10.8. The van der Waals surface area contributed by atoms with Gasteiger partial charge in [0.25, 0.3) is 0 Å². The molecule has 22 heavy (non-hydrogen) atoms. The molecule has 1 aliphatic rings. The van der Waals surface area contributed by atoms with Gasteiger partial charge >= 0.3 is 0 Å². The summed E-state index contributed by atoms with van der Waals surface area (Å²) in [6.45, 7) is 5.46. The molecule has 0 aliphatic carbocycles. The number of nitrogens with zero attached hydrogens (tertiary/aromatic N) is 5. The predicted molar refractivity (Wildman–Crippen MR) is 85.7 cm³/mol. The summed E-state index contributed by atoms with van der Waals surface area (Å²) >= 11 is 1.65. The van der Waals surface area contributed by atoms with Crippen molar-refractivity contribution in [3.63, 3.8) is 0 Å². The van der Waals surface area contributed by atoms with Crippen molar-refractivity contribution in [1.82, 2.24) is 25.3 Å². The van der Waals surface area contributed by atoms with Gasteiger partial charge in [-0.25, -0.2) is 4.98 Å². The lowest BCUT2D eigenvalue weighted by molar-refractivity contribution is 0.169. The van der Waals surface area contributed by atoms with Gasteiger partial charge in [-0.1, -0.05) is 5.16 Å². The summed E-state index contributed by atoms with van der Waals surface area (Å²) in [5, 5.41) is 10.4. The van der Waals surface area contributed by atoms with Crippen LogP contribution in [0.2, 0.25) is 0 Å². The summed E-state index contributed by atoms with van der Waals surface area (Å²) in [7, 11) is 1.83. The molecular weight excluding hydrogens is 300 g/mol. The smallest absolute Gasteiger partial charge is 0.194 e. The summed E-state index contributed by atoms with van der Waals surface area (Å²) in [6, 6.07) is 1.92. The number of piperazine rings is 1. The molecule has 0 amide bonds. The van der Waals surface area contributed by atoms with Crippen LogP contribution in [0, 0.1) is 0 Å². The quantitative estimate of drug-likeness (QED) is 0.670. The molecule has 2 aromatic heterocycles. The highest BCUT2D eigenvalue weighted by Gasteiger charge is 2.20.